The summed E-state index contributed by atoms with van der Waals surface area (Å²) in [6, 6.07) is 0. The topological polar surface area (TPSA) is 175 Å². The molecule has 1 fully saturated rings. The Morgan fingerprint density at radius 1 is 0.453 bits per heavy atom. The molecule has 0 aromatic heterocycles. The summed E-state index contributed by atoms with van der Waals surface area (Å²) < 4.78 is 28.2. The number of aliphatic hydroxyl groups is 2. The molecule has 422 valence electrons. The summed E-state index contributed by atoms with van der Waals surface area (Å²) in [5.74, 6) is -3.26. The van der Waals surface area contributed by atoms with Gasteiger partial charge < -0.3 is 39.0 Å². The lowest BCUT2D eigenvalue weighted by molar-refractivity contribution is -0.301. The van der Waals surface area contributed by atoms with Crippen molar-refractivity contribution in [3.63, 3.8) is 0 Å². The highest BCUT2D eigenvalue weighted by atomic mass is 16.7. The van der Waals surface area contributed by atoms with Gasteiger partial charge in [0.2, 0.25) is 0 Å². The third-order valence-electron chi connectivity index (χ3n) is 12.0. The summed E-state index contributed by atoms with van der Waals surface area (Å²) in [6.45, 7) is 5.66. The minimum Gasteiger partial charge on any atom is -0.479 e. The van der Waals surface area contributed by atoms with Gasteiger partial charge in [-0.25, -0.2) is 4.79 Å². The van der Waals surface area contributed by atoms with Crippen molar-refractivity contribution in [2.75, 3.05) is 13.2 Å². The average Bonchev–Trinajstić information content (AvgIpc) is 3.39. The Kier molecular flexibility index (Phi) is 45.4. The molecule has 0 bridgehead atoms. The van der Waals surface area contributed by atoms with Gasteiger partial charge >= 0.3 is 23.9 Å². The summed E-state index contributed by atoms with van der Waals surface area (Å²) in [7, 11) is 0. The molecule has 1 heterocycles. The van der Waals surface area contributed by atoms with Crippen LogP contribution in [0.3, 0.4) is 0 Å². The van der Waals surface area contributed by atoms with Gasteiger partial charge in [0.25, 0.3) is 0 Å². The Hall–Kier alpha value is -4.88. The zero-order chi connectivity index (χ0) is 54.7. The van der Waals surface area contributed by atoms with Crippen molar-refractivity contribution in [1.82, 2.24) is 0 Å². The van der Waals surface area contributed by atoms with Crippen molar-refractivity contribution < 1.29 is 58.2 Å². The van der Waals surface area contributed by atoms with E-state index in [1.807, 2.05) is 12.2 Å². The average molecular weight is 1050 g/mol. The molecule has 75 heavy (non-hydrogen) atoms. The quantitative estimate of drug-likeness (QED) is 0.0228. The Morgan fingerprint density at radius 3 is 1.32 bits per heavy atom. The second-order valence-corrected chi connectivity index (χ2v) is 18.8. The lowest BCUT2D eigenvalue weighted by Crippen LogP contribution is -2.61. The van der Waals surface area contributed by atoms with E-state index in [0.29, 0.717) is 25.7 Å². The predicted octanol–water partition coefficient (Wildman–Crippen LogP) is 14.4. The predicted molar refractivity (Wildman–Crippen MR) is 303 cm³/mol. The van der Waals surface area contributed by atoms with Crippen LogP contribution in [0.4, 0.5) is 0 Å². The van der Waals surface area contributed by atoms with Crippen molar-refractivity contribution in [2.45, 2.75) is 237 Å². The molecule has 6 atom stereocenters. The zero-order valence-corrected chi connectivity index (χ0v) is 46.2. The molecule has 1 rings (SSSR count). The molecule has 0 radical (unpaired) electrons. The minimum absolute atomic E-state index is 0.0267. The molecule has 0 amide bonds. The normalized spacial score (nSPS) is 19.1. The van der Waals surface area contributed by atoms with Gasteiger partial charge in [-0.2, -0.15) is 0 Å². The highest BCUT2D eigenvalue weighted by Crippen LogP contribution is 2.26. The maximum Gasteiger partial charge on any atom is 0.335 e. The number of aliphatic hydroxyl groups excluding tert-OH is 2. The molecule has 0 spiro atoms. The number of ether oxygens (including phenoxy) is 5. The van der Waals surface area contributed by atoms with E-state index < -0.39 is 67.3 Å². The third-order valence-corrected chi connectivity index (χ3v) is 12.0. The second-order valence-electron chi connectivity index (χ2n) is 18.8. The van der Waals surface area contributed by atoms with Crippen LogP contribution in [0.15, 0.2) is 122 Å². The Bertz CT molecular complexity index is 1770. The molecular weight excluding hydrogens is 949 g/mol. The first-order valence-corrected chi connectivity index (χ1v) is 28.5. The zero-order valence-electron chi connectivity index (χ0n) is 46.2. The molecule has 0 aromatic rings. The monoisotopic (exact) mass is 1050 g/mol. The number of carboxylic acids is 1. The molecule has 3 N–H and O–H groups in total. The minimum atomic E-state index is -1.93. The number of carbonyl (C=O) groups excluding carboxylic acids is 3. The number of unbranched alkanes of at least 4 members (excludes halogenated alkanes) is 12. The van der Waals surface area contributed by atoms with Crippen LogP contribution < -0.4 is 0 Å². The van der Waals surface area contributed by atoms with Gasteiger partial charge in [-0.3, -0.25) is 14.4 Å². The summed E-state index contributed by atoms with van der Waals surface area (Å²) >= 11 is 0. The van der Waals surface area contributed by atoms with E-state index in [4.69, 9.17) is 23.7 Å². The van der Waals surface area contributed by atoms with Crippen molar-refractivity contribution >= 4 is 23.9 Å². The van der Waals surface area contributed by atoms with Gasteiger partial charge in [0.1, 0.15) is 18.8 Å². The lowest BCUT2D eigenvalue weighted by Gasteiger charge is -2.40. The molecule has 0 saturated carbocycles. The highest BCUT2D eigenvalue weighted by Gasteiger charge is 2.50. The van der Waals surface area contributed by atoms with Crippen molar-refractivity contribution in [1.29, 1.82) is 0 Å². The first-order valence-electron chi connectivity index (χ1n) is 28.5. The molecule has 1 saturated heterocycles. The Labute approximate surface area is 452 Å². The van der Waals surface area contributed by atoms with Crippen LogP contribution in [0.1, 0.15) is 201 Å². The molecule has 1 aliphatic rings. The number of carboxylic acid groups (broad SMARTS) is 1. The van der Waals surface area contributed by atoms with Gasteiger partial charge in [0, 0.05) is 19.3 Å². The lowest BCUT2D eigenvalue weighted by atomic mass is 9.98. The molecule has 12 nitrogen and oxygen atoms in total. The Morgan fingerprint density at radius 2 is 0.853 bits per heavy atom. The molecular formula is C63H98O12. The van der Waals surface area contributed by atoms with Crippen LogP contribution >= 0.6 is 0 Å². The van der Waals surface area contributed by atoms with E-state index in [1.165, 1.54) is 32.1 Å². The molecule has 0 aromatic carbocycles. The van der Waals surface area contributed by atoms with Crippen molar-refractivity contribution in [3.8, 4) is 0 Å². The van der Waals surface area contributed by atoms with Crippen LogP contribution in [0, 0.1) is 0 Å². The van der Waals surface area contributed by atoms with Gasteiger partial charge in [0.05, 0.1) is 6.61 Å². The number of hydrogen-bond acceptors (Lipinski definition) is 11. The van der Waals surface area contributed by atoms with E-state index in [9.17, 15) is 34.5 Å². The maximum absolute atomic E-state index is 13.1. The molecule has 0 aliphatic carbocycles. The largest absolute Gasteiger partial charge is 0.479 e. The van der Waals surface area contributed by atoms with Crippen molar-refractivity contribution in [3.05, 3.63) is 122 Å². The second kappa shape index (κ2) is 50.0. The van der Waals surface area contributed by atoms with E-state index >= 15 is 0 Å². The maximum atomic E-state index is 13.1. The van der Waals surface area contributed by atoms with Crippen LogP contribution in [0.5, 0.6) is 0 Å². The number of rotatable bonds is 46. The van der Waals surface area contributed by atoms with Gasteiger partial charge in [-0.05, 0) is 103 Å². The van der Waals surface area contributed by atoms with Crippen LogP contribution in [-0.2, 0) is 42.9 Å². The van der Waals surface area contributed by atoms with E-state index in [-0.39, 0.29) is 25.9 Å². The summed E-state index contributed by atoms with van der Waals surface area (Å²) in [5, 5.41) is 31.4. The summed E-state index contributed by atoms with van der Waals surface area (Å²) in [6.07, 6.45) is 56.2. The molecule has 12 heteroatoms. The number of esters is 3. The van der Waals surface area contributed by atoms with Crippen LogP contribution in [0.2, 0.25) is 0 Å². The number of allylic oxidation sites excluding steroid dienone is 20. The first kappa shape index (κ1) is 68.1. The van der Waals surface area contributed by atoms with Crippen molar-refractivity contribution in [2.24, 2.45) is 0 Å². The van der Waals surface area contributed by atoms with E-state index in [2.05, 4.69) is 130 Å². The first-order chi connectivity index (χ1) is 36.6. The van der Waals surface area contributed by atoms with Crippen LogP contribution in [0.25, 0.3) is 0 Å². The number of carbonyl (C=O) groups is 4. The third kappa shape index (κ3) is 40.1. The van der Waals surface area contributed by atoms with Crippen LogP contribution in [-0.4, -0.2) is 89.2 Å². The highest BCUT2D eigenvalue weighted by molar-refractivity contribution is 5.74. The summed E-state index contributed by atoms with van der Waals surface area (Å²) in [5.41, 5.74) is 0. The fraction of sp³-hybridized carbons (Fsp3) is 0.619. The standard InChI is InChI=1S/C63H98O12/c1-4-7-10-13-16-19-21-23-25-27-28-30-31-33-35-38-40-43-46-49-55(64)71-52-54(73-56(65)50-47-44-41-37-18-15-12-9-6-3)53-72-63-61(59(68)58(67)60(75-63)62(69)70)74-57(66)51-48-45-42-39-36-34-32-29-26-24-22-20-17-14-11-8-5-2/h7-8,10-11,16-17,19-20,23-26,28,30,32-35,39,42,54,58-61,63,67-68H,4-6,9,12-15,18,21-22,27,29,31,36-38,40-41,43-53H2,1-3H3,(H,69,70)/b10-7-,11-8-,19-16-,20-17-,25-23-,26-24-,30-28-,34-32-,35-33-,42-39-. The van der Waals surface area contributed by atoms with Gasteiger partial charge in [0.15, 0.2) is 24.6 Å². The molecule has 1 aliphatic heterocycles. The van der Waals surface area contributed by atoms with E-state index in [0.717, 1.165) is 103 Å². The van der Waals surface area contributed by atoms with Gasteiger partial charge in [-0.1, -0.05) is 200 Å². The summed E-state index contributed by atoms with van der Waals surface area (Å²) in [4.78, 5) is 50.9. The van der Waals surface area contributed by atoms with E-state index in [1.54, 1.807) is 0 Å². The smallest absolute Gasteiger partial charge is 0.335 e. The molecule has 6 unspecified atom stereocenters. The number of hydrogen-bond donors (Lipinski definition) is 3. The number of aliphatic carboxylic acids is 1. The fourth-order valence-corrected chi connectivity index (χ4v) is 7.72. The Balaban J connectivity index is 2.72. The SMILES string of the molecule is CC/C=C\C/C=C\C/C=C\C/C=C\C/C=C\CCCCCC(=O)OCC(COC1OC(C(=O)O)C(O)C(O)C1OC(=O)CCC/C=C\C/C=C\C/C=C\C/C=C\C/C=C\CC)OC(=O)CCCCCCCCCCC. The van der Waals surface area contributed by atoms with Gasteiger partial charge in [-0.15, -0.1) is 0 Å². The fourth-order valence-electron chi connectivity index (χ4n) is 7.72.